The van der Waals surface area contributed by atoms with Gasteiger partial charge in [0.15, 0.2) is 0 Å². The number of ether oxygens (including phenoxy) is 1. The third kappa shape index (κ3) is 8.06. The van der Waals surface area contributed by atoms with Crippen LogP contribution >= 0.6 is 0 Å². The van der Waals surface area contributed by atoms with Gasteiger partial charge in [-0.25, -0.2) is 4.98 Å². The van der Waals surface area contributed by atoms with E-state index in [0.29, 0.717) is 6.67 Å². The molecular formula is C59H65N5O. The summed E-state index contributed by atoms with van der Waals surface area (Å²) in [6.45, 7) is 32.9. The zero-order valence-electron chi connectivity index (χ0n) is 41.0. The molecule has 8 aromatic rings. The first-order chi connectivity index (χ1) is 30.6. The molecule has 3 aromatic heterocycles. The van der Waals surface area contributed by atoms with Crippen LogP contribution in [-0.2, 0) is 21.7 Å². The van der Waals surface area contributed by atoms with Gasteiger partial charge >= 0.3 is 0 Å². The maximum Gasteiger partial charge on any atom is 0.137 e. The van der Waals surface area contributed by atoms with Gasteiger partial charge in [0.1, 0.15) is 24.0 Å². The van der Waals surface area contributed by atoms with Gasteiger partial charge in [0.25, 0.3) is 0 Å². The van der Waals surface area contributed by atoms with Gasteiger partial charge in [-0.05, 0) is 141 Å². The number of aryl methyl sites for hydroxylation is 2. The van der Waals surface area contributed by atoms with E-state index in [1.165, 1.54) is 55.6 Å². The van der Waals surface area contributed by atoms with Crippen LogP contribution in [0.2, 0.25) is 0 Å². The van der Waals surface area contributed by atoms with E-state index in [9.17, 15) is 0 Å². The van der Waals surface area contributed by atoms with Crippen molar-refractivity contribution in [3.8, 4) is 28.4 Å². The number of pyridine rings is 2. The average Bonchev–Trinajstić information content (AvgIpc) is 3.78. The predicted octanol–water partition coefficient (Wildman–Crippen LogP) is 16.1. The van der Waals surface area contributed by atoms with Crippen molar-refractivity contribution in [2.24, 2.45) is 0 Å². The lowest BCUT2D eigenvalue weighted by atomic mass is 9.75. The Hall–Kier alpha value is -6.40. The maximum absolute atomic E-state index is 6.79. The summed E-state index contributed by atoms with van der Waals surface area (Å²) in [6, 6.07) is 39.7. The third-order valence-electron chi connectivity index (χ3n) is 13.2. The second-order valence-electron chi connectivity index (χ2n) is 22.3. The molecule has 0 spiro atoms. The zero-order valence-corrected chi connectivity index (χ0v) is 41.0. The number of nitrogens with zero attached hydrogens (tertiary/aromatic N) is 5. The number of para-hydroxylation sites is 1. The summed E-state index contributed by atoms with van der Waals surface area (Å²) in [5.41, 5.74) is 17.0. The highest BCUT2D eigenvalue weighted by Crippen LogP contribution is 2.51. The maximum atomic E-state index is 6.79. The van der Waals surface area contributed by atoms with Gasteiger partial charge in [-0.2, -0.15) is 0 Å². The Labute approximate surface area is 386 Å². The predicted molar refractivity (Wildman–Crippen MR) is 275 cm³/mol. The molecule has 0 radical (unpaired) electrons. The van der Waals surface area contributed by atoms with Crippen LogP contribution in [-0.4, -0.2) is 21.2 Å². The fourth-order valence-electron chi connectivity index (χ4n) is 9.70. The van der Waals surface area contributed by atoms with Crippen molar-refractivity contribution < 1.29 is 4.74 Å². The SMILES string of the molecule is Cc1cc(C(C)(C)C)cc(C)c1-c1cc(C(C)(C)C)c(N2CN(c3cccc(Oc4ccc5c6ccccc6n(-c6cc(C(C)(C)C)ccn6)c5c4)c3)c3cnccc32)c(C(C)(C)C)c1. The molecule has 65 heavy (non-hydrogen) atoms. The van der Waals surface area contributed by atoms with Gasteiger partial charge in [-0.3, -0.25) is 9.55 Å². The van der Waals surface area contributed by atoms with Gasteiger partial charge in [-0.15, -0.1) is 0 Å². The van der Waals surface area contributed by atoms with Gasteiger partial charge in [-0.1, -0.05) is 119 Å². The average molecular weight is 860 g/mol. The fourth-order valence-corrected chi connectivity index (χ4v) is 9.70. The third-order valence-corrected chi connectivity index (χ3v) is 13.2. The van der Waals surface area contributed by atoms with Gasteiger partial charge < -0.3 is 14.5 Å². The van der Waals surface area contributed by atoms with Crippen LogP contribution in [0, 0.1) is 13.8 Å². The molecule has 4 heterocycles. The molecular weight excluding hydrogens is 795 g/mol. The van der Waals surface area contributed by atoms with E-state index in [4.69, 9.17) is 9.72 Å². The van der Waals surface area contributed by atoms with Crippen molar-refractivity contribution in [1.29, 1.82) is 0 Å². The minimum absolute atomic E-state index is 0.00908. The molecule has 0 bridgehead atoms. The van der Waals surface area contributed by atoms with E-state index in [2.05, 4.69) is 219 Å². The van der Waals surface area contributed by atoms with E-state index in [-0.39, 0.29) is 21.7 Å². The topological polar surface area (TPSA) is 46.4 Å². The fraction of sp³-hybridized carbons (Fsp3) is 0.322. The highest BCUT2D eigenvalue weighted by atomic mass is 16.5. The Bertz CT molecular complexity index is 3070. The Balaban J connectivity index is 1.11. The first-order valence-corrected chi connectivity index (χ1v) is 23.2. The van der Waals surface area contributed by atoms with Crippen LogP contribution in [0.25, 0.3) is 38.8 Å². The number of rotatable bonds is 6. The number of hydrogen-bond donors (Lipinski definition) is 0. The highest BCUT2D eigenvalue weighted by Gasteiger charge is 2.36. The second kappa shape index (κ2) is 15.6. The minimum Gasteiger partial charge on any atom is -0.457 e. The molecule has 1 aliphatic heterocycles. The Morgan fingerprint density at radius 3 is 1.83 bits per heavy atom. The zero-order chi connectivity index (χ0) is 46.4. The smallest absolute Gasteiger partial charge is 0.137 e. The largest absolute Gasteiger partial charge is 0.457 e. The van der Waals surface area contributed by atoms with Gasteiger partial charge in [0.2, 0.25) is 0 Å². The molecule has 6 nitrogen and oxygen atoms in total. The summed E-state index contributed by atoms with van der Waals surface area (Å²) in [5.74, 6) is 2.42. The first-order valence-electron chi connectivity index (χ1n) is 23.2. The molecule has 0 saturated carbocycles. The van der Waals surface area contributed by atoms with Crippen molar-refractivity contribution in [3.05, 3.63) is 161 Å². The lowest BCUT2D eigenvalue weighted by molar-refractivity contribution is 0.483. The van der Waals surface area contributed by atoms with E-state index in [0.717, 1.165) is 50.8 Å². The molecule has 0 fully saturated rings. The van der Waals surface area contributed by atoms with Crippen molar-refractivity contribution >= 4 is 44.6 Å². The molecule has 0 saturated heterocycles. The Kier molecular flexibility index (Phi) is 10.6. The first kappa shape index (κ1) is 43.8. The summed E-state index contributed by atoms with van der Waals surface area (Å²) < 4.78 is 9.05. The van der Waals surface area contributed by atoms with E-state index in [1.54, 1.807) is 0 Å². The minimum atomic E-state index is -0.148. The van der Waals surface area contributed by atoms with Crippen LogP contribution in [0.4, 0.5) is 22.7 Å². The van der Waals surface area contributed by atoms with Crippen LogP contribution < -0.4 is 14.5 Å². The van der Waals surface area contributed by atoms with Crippen molar-refractivity contribution in [2.75, 3.05) is 16.5 Å². The Morgan fingerprint density at radius 2 is 1.17 bits per heavy atom. The summed E-state index contributed by atoms with van der Waals surface area (Å²) >= 11 is 0. The number of benzene rings is 5. The van der Waals surface area contributed by atoms with Crippen LogP contribution in [0.15, 0.2) is 128 Å². The van der Waals surface area contributed by atoms with Crippen molar-refractivity contribution in [3.63, 3.8) is 0 Å². The quantitative estimate of drug-likeness (QED) is 0.167. The summed E-state index contributed by atoms with van der Waals surface area (Å²) in [7, 11) is 0. The lowest BCUT2D eigenvalue weighted by Gasteiger charge is -2.36. The Morgan fingerprint density at radius 1 is 0.523 bits per heavy atom. The molecule has 0 unspecified atom stereocenters. The van der Waals surface area contributed by atoms with E-state index in [1.807, 2.05) is 24.7 Å². The molecule has 0 N–H and O–H groups in total. The number of hydrogen-bond acceptors (Lipinski definition) is 5. The number of aromatic nitrogens is 3. The molecule has 0 amide bonds. The molecule has 332 valence electrons. The molecule has 0 atom stereocenters. The van der Waals surface area contributed by atoms with Crippen LogP contribution in [0.1, 0.15) is 116 Å². The second-order valence-corrected chi connectivity index (χ2v) is 22.3. The number of fused-ring (bicyclic) bond motifs is 4. The summed E-state index contributed by atoms with van der Waals surface area (Å²) in [4.78, 5) is 14.5. The summed E-state index contributed by atoms with van der Waals surface area (Å²) in [5, 5.41) is 2.34. The molecule has 5 aromatic carbocycles. The van der Waals surface area contributed by atoms with Crippen molar-refractivity contribution in [2.45, 2.75) is 119 Å². The molecule has 1 aliphatic rings. The molecule has 0 aliphatic carbocycles. The highest BCUT2D eigenvalue weighted by molar-refractivity contribution is 6.09. The lowest BCUT2D eigenvalue weighted by Crippen LogP contribution is -2.30. The van der Waals surface area contributed by atoms with Crippen LogP contribution in [0.3, 0.4) is 0 Å². The van der Waals surface area contributed by atoms with Gasteiger partial charge in [0.05, 0.1) is 34.3 Å². The van der Waals surface area contributed by atoms with E-state index < -0.39 is 0 Å². The van der Waals surface area contributed by atoms with Crippen molar-refractivity contribution in [1.82, 2.24) is 14.5 Å². The van der Waals surface area contributed by atoms with Gasteiger partial charge in [0, 0.05) is 41.0 Å². The van der Waals surface area contributed by atoms with Crippen LogP contribution in [0.5, 0.6) is 11.5 Å². The standard InChI is InChI=1S/C59H65N5O/c1-37-28-41(57(6,7)8)29-38(2)54(37)39-30-47(58(9,10)11)55(48(31-39)59(12,13)14)63-36-62(52-35-60-26-25-50(52)63)42-18-17-19-43(33-42)65-44-22-23-46-45-20-15-16-21-49(45)64(51(46)34-44)53-32-40(24-27-61-53)56(3,4)5/h15-35H,36H2,1-14H3. The number of anilines is 4. The monoisotopic (exact) mass is 860 g/mol. The molecule has 6 heteroatoms. The summed E-state index contributed by atoms with van der Waals surface area (Å²) in [6.07, 6.45) is 5.85. The molecule has 9 rings (SSSR count). The van der Waals surface area contributed by atoms with E-state index >= 15 is 0 Å². The normalized spacial score (nSPS) is 13.6.